The van der Waals surface area contributed by atoms with E-state index in [-0.39, 0.29) is 0 Å². The SMILES string of the molecule is CCC(C)CN(CCNc1cc(OC)cc2cccnc12)CC1CCCO1. The van der Waals surface area contributed by atoms with Gasteiger partial charge in [0.15, 0.2) is 0 Å². The number of fused-ring (bicyclic) bond motifs is 1. The highest BCUT2D eigenvalue weighted by atomic mass is 16.5. The number of hydrogen-bond acceptors (Lipinski definition) is 5. The molecule has 0 spiro atoms. The third-order valence-corrected chi connectivity index (χ3v) is 5.41. The number of methoxy groups -OCH3 is 1. The fraction of sp³-hybridized carbons (Fsp3) is 0.591. The van der Waals surface area contributed by atoms with Crippen LogP contribution in [-0.2, 0) is 4.74 Å². The van der Waals surface area contributed by atoms with Crippen molar-refractivity contribution >= 4 is 16.6 Å². The number of aromatic nitrogens is 1. The highest BCUT2D eigenvalue weighted by Crippen LogP contribution is 2.27. The molecule has 27 heavy (non-hydrogen) atoms. The van der Waals surface area contributed by atoms with Crippen LogP contribution < -0.4 is 10.1 Å². The van der Waals surface area contributed by atoms with E-state index in [2.05, 4.69) is 35.1 Å². The Balaban J connectivity index is 1.64. The summed E-state index contributed by atoms with van der Waals surface area (Å²) in [5.41, 5.74) is 2.02. The van der Waals surface area contributed by atoms with E-state index in [0.717, 1.165) is 55.1 Å². The fourth-order valence-electron chi connectivity index (χ4n) is 3.67. The molecular formula is C22H33N3O2. The minimum atomic E-state index is 0.397. The van der Waals surface area contributed by atoms with E-state index >= 15 is 0 Å². The van der Waals surface area contributed by atoms with Gasteiger partial charge in [-0.2, -0.15) is 0 Å². The van der Waals surface area contributed by atoms with E-state index in [4.69, 9.17) is 9.47 Å². The highest BCUT2D eigenvalue weighted by molar-refractivity contribution is 5.91. The maximum atomic E-state index is 5.86. The molecule has 0 radical (unpaired) electrons. The van der Waals surface area contributed by atoms with Crippen LogP contribution in [0, 0.1) is 5.92 Å². The first-order valence-corrected chi connectivity index (χ1v) is 10.2. The normalized spacial score (nSPS) is 18.1. The van der Waals surface area contributed by atoms with Crippen molar-refractivity contribution in [1.29, 1.82) is 0 Å². The maximum absolute atomic E-state index is 5.86. The lowest BCUT2D eigenvalue weighted by molar-refractivity contribution is 0.0696. The number of benzene rings is 1. The average molecular weight is 372 g/mol. The largest absolute Gasteiger partial charge is 0.497 e. The molecule has 1 saturated heterocycles. The Hall–Kier alpha value is -1.85. The zero-order valence-electron chi connectivity index (χ0n) is 16.9. The first kappa shape index (κ1) is 19.9. The van der Waals surface area contributed by atoms with Crippen molar-refractivity contribution < 1.29 is 9.47 Å². The number of hydrogen-bond donors (Lipinski definition) is 1. The number of rotatable bonds is 10. The van der Waals surface area contributed by atoms with E-state index in [1.807, 2.05) is 24.4 Å². The molecule has 2 aromatic rings. The molecule has 0 aliphatic carbocycles. The summed E-state index contributed by atoms with van der Waals surface area (Å²) in [5, 5.41) is 4.68. The molecule has 5 heteroatoms. The molecule has 1 aliphatic rings. The summed E-state index contributed by atoms with van der Waals surface area (Å²) < 4.78 is 11.3. The molecule has 0 amide bonds. The molecule has 2 heterocycles. The molecule has 0 bridgehead atoms. The van der Waals surface area contributed by atoms with Crippen LogP contribution in [0.5, 0.6) is 5.75 Å². The quantitative estimate of drug-likeness (QED) is 0.679. The Morgan fingerprint density at radius 2 is 2.30 bits per heavy atom. The lowest BCUT2D eigenvalue weighted by atomic mass is 10.1. The van der Waals surface area contributed by atoms with Gasteiger partial charge in [0.2, 0.25) is 0 Å². The van der Waals surface area contributed by atoms with Crippen LogP contribution in [0.15, 0.2) is 30.5 Å². The third-order valence-electron chi connectivity index (χ3n) is 5.41. The second-order valence-corrected chi connectivity index (χ2v) is 7.58. The predicted octanol–water partition coefficient (Wildman–Crippen LogP) is 4.18. The first-order valence-electron chi connectivity index (χ1n) is 10.2. The monoisotopic (exact) mass is 371 g/mol. The van der Waals surface area contributed by atoms with Crippen LogP contribution in [0.25, 0.3) is 10.9 Å². The van der Waals surface area contributed by atoms with Crippen molar-refractivity contribution in [1.82, 2.24) is 9.88 Å². The van der Waals surface area contributed by atoms with E-state index < -0.39 is 0 Å². The molecule has 148 valence electrons. The van der Waals surface area contributed by atoms with Gasteiger partial charge >= 0.3 is 0 Å². The van der Waals surface area contributed by atoms with Gasteiger partial charge in [0.25, 0.3) is 0 Å². The number of nitrogens with one attached hydrogen (secondary N) is 1. The predicted molar refractivity (Wildman–Crippen MR) is 112 cm³/mol. The van der Waals surface area contributed by atoms with Gasteiger partial charge in [-0.25, -0.2) is 0 Å². The molecule has 5 nitrogen and oxygen atoms in total. The second kappa shape index (κ2) is 9.90. The molecule has 1 fully saturated rings. The fourth-order valence-corrected chi connectivity index (χ4v) is 3.67. The van der Waals surface area contributed by atoms with Gasteiger partial charge in [0.1, 0.15) is 5.75 Å². The van der Waals surface area contributed by atoms with E-state index in [9.17, 15) is 0 Å². The number of anilines is 1. The van der Waals surface area contributed by atoms with Gasteiger partial charge < -0.3 is 14.8 Å². The van der Waals surface area contributed by atoms with Crippen LogP contribution in [0.4, 0.5) is 5.69 Å². The maximum Gasteiger partial charge on any atom is 0.121 e. The summed E-state index contributed by atoms with van der Waals surface area (Å²) in [4.78, 5) is 7.10. The summed E-state index contributed by atoms with van der Waals surface area (Å²) >= 11 is 0. The van der Waals surface area contributed by atoms with Gasteiger partial charge in [-0.1, -0.05) is 26.3 Å². The Morgan fingerprint density at radius 3 is 3.04 bits per heavy atom. The Kier molecular flexibility index (Phi) is 7.30. The van der Waals surface area contributed by atoms with Crippen molar-refractivity contribution in [3.05, 3.63) is 30.5 Å². The minimum Gasteiger partial charge on any atom is -0.497 e. The number of pyridine rings is 1. The molecule has 2 unspecified atom stereocenters. The van der Waals surface area contributed by atoms with Crippen LogP contribution >= 0.6 is 0 Å². The molecule has 2 atom stereocenters. The molecule has 0 saturated carbocycles. The minimum absolute atomic E-state index is 0.397. The number of nitrogens with zero attached hydrogens (tertiary/aromatic N) is 2. The van der Waals surface area contributed by atoms with Gasteiger partial charge in [-0.3, -0.25) is 9.88 Å². The Labute approximate surface area is 163 Å². The Bertz CT molecular complexity index is 716. The summed E-state index contributed by atoms with van der Waals surface area (Å²) in [6, 6.07) is 8.10. The van der Waals surface area contributed by atoms with Crippen molar-refractivity contribution in [2.75, 3.05) is 45.2 Å². The first-order chi connectivity index (χ1) is 13.2. The summed E-state index contributed by atoms with van der Waals surface area (Å²) in [6.07, 6.45) is 5.83. The lowest BCUT2D eigenvalue weighted by Gasteiger charge is -2.28. The van der Waals surface area contributed by atoms with Gasteiger partial charge in [-0.15, -0.1) is 0 Å². The van der Waals surface area contributed by atoms with Gasteiger partial charge in [0.05, 0.1) is 24.4 Å². The topological polar surface area (TPSA) is 46.6 Å². The zero-order valence-corrected chi connectivity index (χ0v) is 16.9. The summed E-state index contributed by atoms with van der Waals surface area (Å²) in [7, 11) is 1.71. The van der Waals surface area contributed by atoms with Crippen molar-refractivity contribution in [2.24, 2.45) is 5.92 Å². The van der Waals surface area contributed by atoms with Crippen LogP contribution in [0.2, 0.25) is 0 Å². The van der Waals surface area contributed by atoms with E-state index in [0.29, 0.717) is 12.0 Å². The number of ether oxygens (including phenoxy) is 2. The molecule has 1 N–H and O–H groups in total. The van der Waals surface area contributed by atoms with Crippen molar-refractivity contribution in [3.8, 4) is 5.75 Å². The van der Waals surface area contributed by atoms with Gasteiger partial charge in [0, 0.05) is 50.4 Å². The summed E-state index contributed by atoms with van der Waals surface area (Å²) in [5.74, 6) is 1.56. The summed E-state index contributed by atoms with van der Waals surface area (Å²) in [6.45, 7) is 9.54. The molecule has 1 aliphatic heterocycles. The average Bonchev–Trinajstić information content (AvgIpc) is 3.20. The lowest BCUT2D eigenvalue weighted by Crippen LogP contribution is -2.38. The second-order valence-electron chi connectivity index (χ2n) is 7.58. The zero-order chi connectivity index (χ0) is 19.1. The molecular weight excluding hydrogens is 338 g/mol. The highest BCUT2D eigenvalue weighted by Gasteiger charge is 2.20. The molecule has 1 aromatic heterocycles. The van der Waals surface area contributed by atoms with Crippen molar-refractivity contribution in [3.63, 3.8) is 0 Å². The van der Waals surface area contributed by atoms with Crippen LogP contribution in [0.3, 0.4) is 0 Å². The van der Waals surface area contributed by atoms with Crippen LogP contribution in [-0.4, -0.2) is 55.9 Å². The molecule has 1 aromatic carbocycles. The van der Waals surface area contributed by atoms with Crippen molar-refractivity contribution in [2.45, 2.75) is 39.2 Å². The third kappa shape index (κ3) is 5.56. The van der Waals surface area contributed by atoms with Crippen LogP contribution in [0.1, 0.15) is 33.1 Å². The standard InChI is InChI=1S/C22H33N3O2/c1-4-17(2)15-25(16-19-8-6-12-27-19)11-10-23-21-14-20(26-3)13-18-7-5-9-24-22(18)21/h5,7,9,13-14,17,19,23H,4,6,8,10-12,15-16H2,1-3H3. The molecule has 3 rings (SSSR count). The van der Waals surface area contributed by atoms with E-state index in [1.165, 1.54) is 19.3 Å². The Morgan fingerprint density at radius 1 is 1.41 bits per heavy atom. The van der Waals surface area contributed by atoms with Gasteiger partial charge in [-0.05, 0) is 30.9 Å². The smallest absolute Gasteiger partial charge is 0.121 e. The van der Waals surface area contributed by atoms with E-state index in [1.54, 1.807) is 7.11 Å².